The number of methoxy groups -OCH3 is 2. The van der Waals surface area contributed by atoms with Crippen LogP contribution in [-0.4, -0.2) is 55.4 Å². The van der Waals surface area contributed by atoms with E-state index in [2.05, 4.69) is 5.32 Å². The lowest BCUT2D eigenvalue weighted by atomic mass is 10.1. The van der Waals surface area contributed by atoms with Crippen molar-refractivity contribution in [1.82, 2.24) is 4.90 Å². The molecule has 0 aliphatic carbocycles. The number of aliphatic hydroxyl groups is 1. The maximum Gasteiger partial charge on any atom is 0.411 e. The van der Waals surface area contributed by atoms with E-state index in [0.29, 0.717) is 18.0 Å². The predicted molar refractivity (Wildman–Crippen MR) is 111 cm³/mol. The predicted octanol–water partition coefficient (Wildman–Crippen LogP) is 3.05. The van der Waals surface area contributed by atoms with Gasteiger partial charge in [-0.1, -0.05) is 30.3 Å². The van der Waals surface area contributed by atoms with Gasteiger partial charge in [0.2, 0.25) is 0 Å². The number of hydrogen-bond acceptors (Lipinski definition) is 6. The lowest BCUT2D eigenvalue weighted by Crippen LogP contribution is -2.38. The molecule has 8 heteroatoms. The van der Waals surface area contributed by atoms with Gasteiger partial charge in [-0.3, -0.25) is 10.1 Å². The number of ether oxygens (including phenoxy) is 3. The summed E-state index contributed by atoms with van der Waals surface area (Å²) in [5, 5.41) is 12.2. The van der Waals surface area contributed by atoms with Crippen LogP contribution in [0.15, 0.2) is 42.5 Å². The van der Waals surface area contributed by atoms with Crippen LogP contribution in [0.1, 0.15) is 28.8 Å². The number of anilines is 1. The highest BCUT2D eigenvalue weighted by Gasteiger charge is 2.31. The van der Waals surface area contributed by atoms with Crippen LogP contribution in [0.4, 0.5) is 10.5 Å². The van der Waals surface area contributed by atoms with Crippen LogP contribution >= 0.6 is 0 Å². The van der Waals surface area contributed by atoms with E-state index in [9.17, 15) is 14.7 Å². The summed E-state index contributed by atoms with van der Waals surface area (Å²) in [6.45, 7) is 0.527. The Kier molecular flexibility index (Phi) is 7.13. The van der Waals surface area contributed by atoms with Gasteiger partial charge >= 0.3 is 6.09 Å². The average Bonchev–Trinajstić information content (AvgIpc) is 3.26. The Hall–Kier alpha value is -3.26. The van der Waals surface area contributed by atoms with E-state index >= 15 is 0 Å². The van der Waals surface area contributed by atoms with Crippen LogP contribution in [0.3, 0.4) is 0 Å². The van der Waals surface area contributed by atoms with E-state index in [1.165, 1.54) is 26.4 Å². The van der Waals surface area contributed by atoms with Crippen molar-refractivity contribution in [3.8, 4) is 11.5 Å². The number of carbonyl (C=O) groups excluding carboxylic acids is 2. The van der Waals surface area contributed by atoms with Gasteiger partial charge in [-0.25, -0.2) is 4.79 Å². The molecular weight excluding hydrogens is 388 g/mol. The first-order chi connectivity index (χ1) is 14.6. The summed E-state index contributed by atoms with van der Waals surface area (Å²) >= 11 is 0. The lowest BCUT2D eigenvalue weighted by molar-refractivity contribution is 0.0678. The van der Waals surface area contributed by atoms with Crippen molar-refractivity contribution in [2.75, 3.05) is 32.7 Å². The number of benzene rings is 2. The highest BCUT2D eigenvalue weighted by molar-refractivity contribution is 6.03. The third kappa shape index (κ3) is 4.83. The molecule has 2 N–H and O–H groups in total. The molecule has 0 radical (unpaired) electrons. The van der Waals surface area contributed by atoms with E-state index in [1.54, 1.807) is 4.90 Å². The highest BCUT2D eigenvalue weighted by Crippen LogP contribution is 2.35. The van der Waals surface area contributed by atoms with E-state index in [4.69, 9.17) is 14.2 Å². The van der Waals surface area contributed by atoms with Crippen molar-refractivity contribution >= 4 is 17.7 Å². The molecule has 0 spiro atoms. The molecule has 1 atom stereocenters. The Balaban J connectivity index is 1.84. The summed E-state index contributed by atoms with van der Waals surface area (Å²) < 4.78 is 15.9. The summed E-state index contributed by atoms with van der Waals surface area (Å²) in [5.41, 5.74) is 1.34. The molecule has 0 aromatic heterocycles. The van der Waals surface area contributed by atoms with Crippen molar-refractivity contribution in [3.63, 3.8) is 0 Å². The zero-order valence-corrected chi connectivity index (χ0v) is 17.1. The fourth-order valence-electron chi connectivity index (χ4n) is 3.48. The molecule has 30 heavy (non-hydrogen) atoms. The Morgan fingerprint density at radius 3 is 2.50 bits per heavy atom. The smallest absolute Gasteiger partial charge is 0.411 e. The first-order valence-electron chi connectivity index (χ1n) is 9.73. The first-order valence-corrected chi connectivity index (χ1v) is 9.73. The molecule has 1 unspecified atom stereocenters. The minimum absolute atomic E-state index is 0.0992. The zero-order chi connectivity index (χ0) is 21.5. The molecule has 2 amide bonds. The minimum atomic E-state index is -0.694. The van der Waals surface area contributed by atoms with Gasteiger partial charge in [-0.15, -0.1) is 0 Å². The molecule has 2 aromatic rings. The molecule has 3 rings (SSSR count). The van der Waals surface area contributed by atoms with Crippen LogP contribution in [-0.2, 0) is 11.3 Å². The molecule has 160 valence electrons. The van der Waals surface area contributed by atoms with Gasteiger partial charge in [0.05, 0.1) is 38.1 Å². The van der Waals surface area contributed by atoms with Crippen LogP contribution in [0, 0.1) is 0 Å². The third-order valence-corrected chi connectivity index (χ3v) is 5.05. The second kappa shape index (κ2) is 9.98. The Labute approximate surface area is 175 Å². The minimum Gasteiger partial charge on any atom is -0.493 e. The molecule has 1 aliphatic rings. The van der Waals surface area contributed by atoms with Gasteiger partial charge in [0.1, 0.15) is 6.61 Å². The number of nitrogens with zero attached hydrogens (tertiary/aromatic N) is 1. The number of amides is 2. The molecule has 1 heterocycles. The largest absolute Gasteiger partial charge is 0.493 e. The standard InChI is InChI=1S/C22H26N2O6/c1-28-19-11-17(21(26)24-10-6-9-16(24)13-25)18(12-20(19)29-2)23-22(27)30-14-15-7-4-3-5-8-15/h3-5,7-8,11-12,16,25H,6,9-10,13-14H2,1-2H3,(H,23,27). The van der Waals surface area contributed by atoms with Gasteiger partial charge in [0.25, 0.3) is 5.91 Å². The second-order valence-electron chi connectivity index (χ2n) is 6.92. The van der Waals surface area contributed by atoms with Crippen molar-refractivity contribution in [2.24, 2.45) is 0 Å². The Morgan fingerprint density at radius 2 is 1.83 bits per heavy atom. The number of carbonyl (C=O) groups is 2. The van der Waals surface area contributed by atoms with Crippen molar-refractivity contribution in [2.45, 2.75) is 25.5 Å². The third-order valence-electron chi connectivity index (χ3n) is 5.05. The van der Waals surface area contributed by atoms with Gasteiger partial charge in [0, 0.05) is 12.6 Å². The van der Waals surface area contributed by atoms with Crippen molar-refractivity contribution in [3.05, 3.63) is 53.6 Å². The number of hydrogen-bond donors (Lipinski definition) is 2. The summed E-state index contributed by atoms with van der Waals surface area (Å²) in [6.07, 6.45) is 0.851. The Bertz CT molecular complexity index is 887. The molecular formula is C22H26N2O6. The summed E-state index contributed by atoms with van der Waals surface area (Å²) in [7, 11) is 2.94. The number of nitrogens with one attached hydrogen (secondary N) is 1. The SMILES string of the molecule is COc1cc(NC(=O)OCc2ccccc2)c(C(=O)N2CCCC2CO)cc1OC. The quantitative estimate of drug-likeness (QED) is 0.723. The van der Waals surface area contributed by atoms with Crippen molar-refractivity contribution < 1.29 is 28.9 Å². The Morgan fingerprint density at radius 1 is 1.13 bits per heavy atom. The fourth-order valence-corrected chi connectivity index (χ4v) is 3.48. The zero-order valence-electron chi connectivity index (χ0n) is 17.1. The fraction of sp³-hybridized carbons (Fsp3) is 0.364. The van der Waals surface area contributed by atoms with E-state index in [0.717, 1.165) is 18.4 Å². The van der Waals surface area contributed by atoms with Crippen LogP contribution in [0.2, 0.25) is 0 Å². The normalized spacial score (nSPS) is 15.6. The number of aliphatic hydroxyl groups excluding tert-OH is 1. The summed E-state index contributed by atoms with van der Waals surface area (Å²) in [5.74, 6) is 0.433. The molecule has 8 nitrogen and oxygen atoms in total. The highest BCUT2D eigenvalue weighted by atomic mass is 16.5. The number of likely N-dealkylation sites (tertiary alicyclic amines) is 1. The van der Waals surface area contributed by atoms with Gasteiger partial charge in [-0.05, 0) is 24.5 Å². The topological polar surface area (TPSA) is 97.3 Å². The maximum absolute atomic E-state index is 13.2. The summed E-state index contributed by atoms with van der Waals surface area (Å²) in [4.78, 5) is 27.2. The molecule has 1 saturated heterocycles. The molecule has 1 aliphatic heterocycles. The second-order valence-corrected chi connectivity index (χ2v) is 6.92. The molecule has 2 aromatic carbocycles. The van der Waals surface area contributed by atoms with Gasteiger partial charge < -0.3 is 24.2 Å². The van der Waals surface area contributed by atoms with Crippen molar-refractivity contribution in [1.29, 1.82) is 0 Å². The van der Waals surface area contributed by atoms with E-state index in [1.807, 2.05) is 30.3 Å². The summed E-state index contributed by atoms with van der Waals surface area (Å²) in [6, 6.07) is 12.1. The maximum atomic E-state index is 13.2. The van der Waals surface area contributed by atoms with E-state index < -0.39 is 6.09 Å². The van der Waals surface area contributed by atoms with Crippen LogP contribution in [0.5, 0.6) is 11.5 Å². The molecule has 1 fully saturated rings. The van der Waals surface area contributed by atoms with Gasteiger partial charge in [-0.2, -0.15) is 0 Å². The van der Waals surface area contributed by atoms with Crippen LogP contribution in [0.25, 0.3) is 0 Å². The molecule has 0 bridgehead atoms. The molecule has 0 saturated carbocycles. The average molecular weight is 414 g/mol. The number of rotatable bonds is 7. The first kappa shape index (κ1) is 21.4. The van der Waals surface area contributed by atoms with Gasteiger partial charge in [0.15, 0.2) is 11.5 Å². The monoisotopic (exact) mass is 414 g/mol. The van der Waals surface area contributed by atoms with E-state index in [-0.39, 0.29) is 36.4 Å². The van der Waals surface area contributed by atoms with Crippen LogP contribution < -0.4 is 14.8 Å². The lowest BCUT2D eigenvalue weighted by Gasteiger charge is -2.25.